The second-order valence-corrected chi connectivity index (χ2v) is 4.90. The second-order valence-electron chi connectivity index (χ2n) is 4.90. The molecule has 0 aliphatic rings. The Morgan fingerprint density at radius 2 is 1.90 bits per heavy atom. The Morgan fingerprint density at radius 1 is 1.19 bits per heavy atom. The molecule has 1 aromatic heterocycles. The molecule has 0 saturated heterocycles. The van der Waals surface area contributed by atoms with E-state index in [1.54, 1.807) is 42.2 Å². The molecule has 0 aliphatic heterocycles. The van der Waals surface area contributed by atoms with Crippen molar-refractivity contribution >= 4 is 22.4 Å². The van der Waals surface area contributed by atoms with Gasteiger partial charge in [0, 0.05) is 24.2 Å². The number of nitrogens with one attached hydrogen (secondary N) is 1. The number of carbonyl (C=O) groups is 1. The van der Waals surface area contributed by atoms with E-state index >= 15 is 0 Å². The smallest absolute Gasteiger partial charge is 0.256 e. The van der Waals surface area contributed by atoms with Crippen LogP contribution in [0.2, 0.25) is 0 Å². The van der Waals surface area contributed by atoms with Crippen molar-refractivity contribution in [2.45, 2.75) is 6.92 Å². The summed E-state index contributed by atoms with van der Waals surface area (Å²) in [5.74, 6) is -0.609. The Hall–Kier alpha value is -2.69. The highest BCUT2D eigenvalue weighted by Gasteiger charge is 2.14. The fraction of sp³-hybridized carbons (Fsp3) is 0.125. The molecule has 2 aromatic carbocycles. The molecule has 0 aliphatic carbocycles. The minimum Gasteiger partial charge on any atom is -0.319 e. The summed E-state index contributed by atoms with van der Waals surface area (Å²) < 4.78 is 15.4. The highest BCUT2D eigenvalue weighted by molar-refractivity contribution is 6.13. The minimum absolute atomic E-state index is 0.276. The number of fused-ring (bicyclic) bond motifs is 1. The van der Waals surface area contributed by atoms with Gasteiger partial charge in [0.1, 0.15) is 5.82 Å². The lowest BCUT2D eigenvalue weighted by Gasteiger charge is -2.08. The van der Waals surface area contributed by atoms with Crippen LogP contribution in [-0.4, -0.2) is 15.7 Å². The third kappa shape index (κ3) is 2.38. The van der Waals surface area contributed by atoms with Crippen molar-refractivity contribution in [2.75, 3.05) is 5.32 Å². The number of carbonyl (C=O) groups excluding carboxylic acids is 1. The molecule has 106 valence electrons. The molecule has 0 radical (unpaired) electrons. The average molecular weight is 283 g/mol. The Balaban J connectivity index is 2.02. The van der Waals surface area contributed by atoms with Gasteiger partial charge in [-0.15, -0.1) is 0 Å². The van der Waals surface area contributed by atoms with Gasteiger partial charge in [0.05, 0.1) is 11.4 Å². The van der Waals surface area contributed by atoms with Gasteiger partial charge in [0.15, 0.2) is 0 Å². The van der Waals surface area contributed by atoms with E-state index in [0.717, 1.165) is 5.69 Å². The first kappa shape index (κ1) is 13.3. The Bertz CT molecular complexity index is 839. The molecular formula is C16H14FN3O. The van der Waals surface area contributed by atoms with Crippen molar-refractivity contribution in [2.24, 2.45) is 7.05 Å². The number of halogens is 1. The van der Waals surface area contributed by atoms with Crippen molar-refractivity contribution in [3.05, 3.63) is 59.7 Å². The topological polar surface area (TPSA) is 46.9 Å². The standard InChI is InChI=1S/C16H14FN3O/c1-10-15(9-20(2)19-10)18-16(21)13-7-8-14(17)12-6-4-3-5-11(12)13/h3-9H,1-2H3,(H,18,21). The van der Waals surface area contributed by atoms with E-state index in [9.17, 15) is 9.18 Å². The van der Waals surface area contributed by atoms with Crippen LogP contribution in [0.25, 0.3) is 10.8 Å². The van der Waals surface area contributed by atoms with Crippen LogP contribution in [0.5, 0.6) is 0 Å². The SMILES string of the molecule is Cc1nn(C)cc1NC(=O)c1ccc(F)c2ccccc12. The summed E-state index contributed by atoms with van der Waals surface area (Å²) >= 11 is 0. The van der Waals surface area contributed by atoms with Crippen LogP contribution in [-0.2, 0) is 7.05 Å². The maximum atomic E-state index is 13.8. The molecule has 0 atom stereocenters. The lowest BCUT2D eigenvalue weighted by atomic mass is 10.0. The monoisotopic (exact) mass is 283 g/mol. The Morgan fingerprint density at radius 3 is 2.57 bits per heavy atom. The first-order chi connectivity index (χ1) is 10.1. The van der Waals surface area contributed by atoms with Crippen molar-refractivity contribution in [1.29, 1.82) is 0 Å². The fourth-order valence-corrected chi connectivity index (χ4v) is 2.37. The van der Waals surface area contributed by atoms with E-state index in [1.165, 1.54) is 12.1 Å². The van der Waals surface area contributed by atoms with Gasteiger partial charge in [-0.05, 0) is 24.4 Å². The van der Waals surface area contributed by atoms with E-state index in [0.29, 0.717) is 22.0 Å². The molecule has 3 rings (SSSR count). The molecular weight excluding hydrogens is 269 g/mol. The van der Waals surface area contributed by atoms with E-state index in [1.807, 2.05) is 6.92 Å². The van der Waals surface area contributed by atoms with Gasteiger partial charge in [0.25, 0.3) is 5.91 Å². The number of hydrogen-bond donors (Lipinski definition) is 1. The van der Waals surface area contributed by atoms with Crippen LogP contribution >= 0.6 is 0 Å². The highest BCUT2D eigenvalue weighted by Crippen LogP contribution is 2.23. The van der Waals surface area contributed by atoms with Gasteiger partial charge in [-0.25, -0.2) is 4.39 Å². The summed E-state index contributed by atoms with van der Waals surface area (Å²) in [6, 6.07) is 9.75. The van der Waals surface area contributed by atoms with E-state index in [-0.39, 0.29) is 11.7 Å². The van der Waals surface area contributed by atoms with Crippen LogP contribution in [0.3, 0.4) is 0 Å². The van der Waals surface area contributed by atoms with Crippen LogP contribution in [0.15, 0.2) is 42.6 Å². The summed E-state index contributed by atoms with van der Waals surface area (Å²) in [6.45, 7) is 1.82. The molecule has 0 saturated carbocycles. The van der Waals surface area contributed by atoms with Gasteiger partial charge >= 0.3 is 0 Å². The first-order valence-corrected chi connectivity index (χ1v) is 6.55. The van der Waals surface area contributed by atoms with E-state index in [2.05, 4.69) is 10.4 Å². The van der Waals surface area contributed by atoms with E-state index < -0.39 is 0 Å². The van der Waals surface area contributed by atoms with Gasteiger partial charge in [0.2, 0.25) is 0 Å². The summed E-state index contributed by atoms with van der Waals surface area (Å²) in [4.78, 5) is 12.4. The first-order valence-electron chi connectivity index (χ1n) is 6.55. The number of benzene rings is 2. The summed E-state index contributed by atoms with van der Waals surface area (Å²) in [5, 5.41) is 8.02. The average Bonchev–Trinajstić information content (AvgIpc) is 2.77. The summed E-state index contributed by atoms with van der Waals surface area (Å²) in [7, 11) is 1.79. The molecule has 0 fully saturated rings. The number of anilines is 1. The quantitative estimate of drug-likeness (QED) is 0.784. The largest absolute Gasteiger partial charge is 0.319 e. The van der Waals surface area contributed by atoms with E-state index in [4.69, 9.17) is 0 Å². The fourth-order valence-electron chi connectivity index (χ4n) is 2.37. The molecule has 1 heterocycles. The number of aromatic nitrogens is 2. The number of amides is 1. The molecule has 4 nitrogen and oxygen atoms in total. The lowest BCUT2D eigenvalue weighted by Crippen LogP contribution is -2.13. The Kier molecular flexibility index (Phi) is 3.17. The Labute approximate surface area is 121 Å². The molecule has 0 unspecified atom stereocenters. The molecule has 21 heavy (non-hydrogen) atoms. The number of aryl methyl sites for hydroxylation is 2. The minimum atomic E-state index is -0.334. The number of rotatable bonds is 2. The van der Waals surface area contributed by atoms with Crippen LogP contribution < -0.4 is 5.32 Å². The number of hydrogen-bond acceptors (Lipinski definition) is 2. The molecule has 1 N–H and O–H groups in total. The summed E-state index contributed by atoms with van der Waals surface area (Å²) in [6.07, 6.45) is 1.74. The van der Waals surface area contributed by atoms with Crippen molar-refractivity contribution < 1.29 is 9.18 Å². The normalized spacial score (nSPS) is 10.8. The molecule has 5 heteroatoms. The zero-order chi connectivity index (χ0) is 15.0. The van der Waals surface area contributed by atoms with Gasteiger partial charge in [-0.3, -0.25) is 9.48 Å². The van der Waals surface area contributed by atoms with Crippen molar-refractivity contribution in [1.82, 2.24) is 9.78 Å². The zero-order valence-electron chi connectivity index (χ0n) is 11.7. The molecule has 0 spiro atoms. The second kappa shape index (κ2) is 5.01. The zero-order valence-corrected chi connectivity index (χ0v) is 11.7. The molecule has 1 amide bonds. The third-order valence-electron chi connectivity index (χ3n) is 3.38. The molecule has 3 aromatic rings. The highest BCUT2D eigenvalue weighted by atomic mass is 19.1. The van der Waals surface area contributed by atoms with Gasteiger partial charge in [-0.2, -0.15) is 5.10 Å². The number of nitrogens with zero attached hydrogens (tertiary/aromatic N) is 2. The molecule has 0 bridgehead atoms. The lowest BCUT2D eigenvalue weighted by molar-refractivity contribution is 0.102. The third-order valence-corrected chi connectivity index (χ3v) is 3.38. The van der Waals surface area contributed by atoms with Gasteiger partial charge in [-0.1, -0.05) is 24.3 Å². The van der Waals surface area contributed by atoms with Crippen molar-refractivity contribution in [3.8, 4) is 0 Å². The maximum absolute atomic E-state index is 13.8. The maximum Gasteiger partial charge on any atom is 0.256 e. The van der Waals surface area contributed by atoms with Crippen LogP contribution in [0, 0.1) is 12.7 Å². The summed E-state index contributed by atoms with van der Waals surface area (Å²) in [5.41, 5.74) is 1.82. The van der Waals surface area contributed by atoms with Crippen molar-refractivity contribution in [3.63, 3.8) is 0 Å². The van der Waals surface area contributed by atoms with Crippen LogP contribution in [0.4, 0.5) is 10.1 Å². The predicted molar refractivity (Wildman–Crippen MR) is 79.8 cm³/mol. The van der Waals surface area contributed by atoms with Gasteiger partial charge < -0.3 is 5.32 Å². The van der Waals surface area contributed by atoms with Crippen LogP contribution in [0.1, 0.15) is 16.1 Å². The predicted octanol–water partition coefficient (Wildman–Crippen LogP) is 3.27.